The number of anilines is 1. The molecular formula is C16H17N7. The number of aryl methyl sites for hydroxylation is 1. The number of para-hydroxylation sites is 1. The average Bonchev–Trinajstić information content (AvgIpc) is 3.19. The largest absolute Gasteiger partial charge is 0.368 e. The molecule has 0 fully saturated rings. The smallest absolute Gasteiger partial charge is 0.183 e. The molecule has 0 saturated carbocycles. The van der Waals surface area contributed by atoms with E-state index in [4.69, 9.17) is 0 Å². The third-order valence-corrected chi connectivity index (χ3v) is 3.96. The second kappa shape index (κ2) is 5.68. The second-order valence-electron chi connectivity index (χ2n) is 5.34. The molecule has 0 radical (unpaired) electrons. The van der Waals surface area contributed by atoms with Crippen LogP contribution in [0.1, 0.15) is 12.5 Å². The minimum atomic E-state index is 0.716. The lowest BCUT2D eigenvalue weighted by Gasteiger charge is -2.05. The summed E-state index contributed by atoms with van der Waals surface area (Å²) in [4.78, 5) is 11.8. The van der Waals surface area contributed by atoms with Crippen LogP contribution < -0.4 is 5.32 Å². The average molecular weight is 307 g/mol. The molecule has 0 atom stereocenters. The zero-order valence-electron chi connectivity index (χ0n) is 12.8. The standard InChI is InChI=1S/C16H17N7/c1-2-23-16-14(21-22-23)15(19-10-20-16)17-8-7-11-9-18-13-6-4-3-5-12(11)13/h3-6,9-10,18H,2,7-8H2,1H3,(H,17,19,20). The number of aromatic amines is 1. The van der Waals surface area contributed by atoms with Crippen LogP contribution in [0.2, 0.25) is 0 Å². The predicted molar refractivity (Wildman–Crippen MR) is 89.3 cm³/mol. The molecule has 0 amide bonds. The lowest BCUT2D eigenvalue weighted by Crippen LogP contribution is -2.07. The normalized spacial score (nSPS) is 11.3. The van der Waals surface area contributed by atoms with Crippen LogP contribution in [0.4, 0.5) is 5.82 Å². The first kappa shape index (κ1) is 13.7. The number of nitrogens with zero attached hydrogens (tertiary/aromatic N) is 5. The maximum Gasteiger partial charge on any atom is 0.183 e. The summed E-state index contributed by atoms with van der Waals surface area (Å²) < 4.78 is 1.77. The maximum atomic E-state index is 4.29. The molecule has 3 aromatic heterocycles. The van der Waals surface area contributed by atoms with Gasteiger partial charge < -0.3 is 10.3 Å². The van der Waals surface area contributed by atoms with Crippen molar-refractivity contribution in [3.05, 3.63) is 42.4 Å². The highest BCUT2D eigenvalue weighted by Gasteiger charge is 2.10. The first-order chi connectivity index (χ1) is 11.4. The molecule has 0 spiro atoms. The van der Waals surface area contributed by atoms with Crippen molar-refractivity contribution in [3.63, 3.8) is 0 Å². The van der Waals surface area contributed by atoms with Gasteiger partial charge in [0.05, 0.1) is 0 Å². The quantitative estimate of drug-likeness (QED) is 0.591. The molecule has 0 aliphatic carbocycles. The van der Waals surface area contributed by atoms with Crippen LogP contribution in [-0.2, 0) is 13.0 Å². The third kappa shape index (κ3) is 2.40. The van der Waals surface area contributed by atoms with Crippen molar-refractivity contribution in [1.82, 2.24) is 29.9 Å². The lowest BCUT2D eigenvalue weighted by atomic mass is 10.1. The molecule has 7 nitrogen and oxygen atoms in total. The van der Waals surface area contributed by atoms with Crippen molar-refractivity contribution >= 4 is 27.9 Å². The van der Waals surface area contributed by atoms with E-state index in [1.165, 1.54) is 10.9 Å². The van der Waals surface area contributed by atoms with Gasteiger partial charge >= 0.3 is 0 Å². The topological polar surface area (TPSA) is 84.3 Å². The number of rotatable bonds is 5. The number of H-pyrrole nitrogens is 1. The first-order valence-electron chi connectivity index (χ1n) is 7.70. The number of fused-ring (bicyclic) bond motifs is 2. The fourth-order valence-corrected chi connectivity index (χ4v) is 2.79. The summed E-state index contributed by atoms with van der Waals surface area (Å²) in [7, 11) is 0. The minimum absolute atomic E-state index is 0.716. The molecule has 0 bridgehead atoms. The zero-order valence-corrected chi connectivity index (χ0v) is 12.8. The van der Waals surface area contributed by atoms with E-state index in [2.05, 4.69) is 55.0 Å². The van der Waals surface area contributed by atoms with Crippen LogP contribution in [-0.4, -0.2) is 36.5 Å². The Labute approximate surface area is 132 Å². The number of hydrogen-bond acceptors (Lipinski definition) is 5. The third-order valence-electron chi connectivity index (χ3n) is 3.96. The maximum absolute atomic E-state index is 4.29. The Hall–Kier alpha value is -2.96. The van der Waals surface area contributed by atoms with Gasteiger partial charge in [-0.3, -0.25) is 0 Å². The van der Waals surface area contributed by atoms with E-state index in [9.17, 15) is 0 Å². The SMILES string of the molecule is CCn1nnc2c(NCCc3c[nH]c4ccccc34)ncnc21. The number of aromatic nitrogens is 6. The van der Waals surface area contributed by atoms with Gasteiger partial charge in [0.1, 0.15) is 6.33 Å². The van der Waals surface area contributed by atoms with Crippen LogP contribution >= 0.6 is 0 Å². The summed E-state index contributed by atoms with van der Waals surface area (Å²) in [6.45, 7) is 3.52. The van der Waals surface area contributed by atoms with Crippen LogP contribution in [0.25, 0.3) is 22.1 Å². The number of benzene rings is 1. The Bertz CT molecular complexity index is 953. The summed E-state index contributed by atoms with van der Waals surface area (Å²) in [6, 6.07) is 8.32. The predicted octanol–water partition coefficient (Wildman–Crippen LogP) is 2.38. The van der Waals surface area contributed by atoms with Gasteiger partial charge in [-0.1, -0.05) is 23.4 Å². The zero-order chi connectivity index (χ0) is 15.6. The second-order valence-corrected chi connectivity index (χ2v) is 5.34. The monoisotopic (exact) mass is 307 g/mol. The van der Waals surface area contributed by atoms with Crippen molar-refractivity contribution in [2.24, 2.45) is 0 Å². The Balaban J connectivity index is 1.52. The molecular weight excluding hydrogens is 290 g/mol. The molecule has 0 saturated heterocycles. The molecule has 116 valence electrons. The highest BCUT2D eigenvalue weighted by atomic mass is 15.4. The van der Waals surface area contributed by atoms with E-state index in [-0.39, 0.29) is 0 Å². The molecule has 7 heteroatoms. The van der Waals surface area contributed by atoms with Gasteiger partial charge in [-0.05, 0) is 25.0 Å². The van der Waals surface area contributed by atoms with Crippen molar-refractivity contribution in [3.8, 4) is 0 Å². The van der Waals surface area contributed by atoms with Gasteiger partial charge in [0.15, 0.2) is 17.0 Å². The van der Waals surface area contributed by atoms with Crippen LogP contribution in [0.3, 0.4) is 0 Å². The molecule has 23 heavy (non-hydrogen) atoms. The van der Waals surface area contributed by atoms with E-state index in [0.717, 1.165) is 36.5 Å². The van der Waals surface area contributed by atoms with Crippen LogP contribution in [0.15, 0.2) is 36.8 Å². The van der Waals surface area contributed by atoms with Crippen molar-refractivity contribution in [1.29, 1.82) is 0 Å². The summed E-state index contributed by atoms with van der Waals surface area (Å²) in [5.74, 6) is 0.731. The van der Waals surface area contributed by atoms with Crippen molar-refractivity contribution in [2.45, 2.75) is 19.9 Å². The summed E-state index contributed by atoms with van der Waals surface area (Å²) in [5.41, 5.74) is 3.93. The molecule has 3 heterocycles. The lowest BCUT2D eigenvalue weighted by molar-refractivity contribution is 0.641. The van der Waals surface area contributed by atoms with E-state index in [1.807, 2.05) is 13.0 Å². The summed E-state index contributed by atoms with van der Waals surface area (Å²) >= 11 is 0. The molecule has 1 aromatic carbocycles. The van der Waals surface area contributed by atoms with Gasteiger partial charge in [-0.15, -0.1) is 5.10 Å². The molecule has 0 aliphatic rings. The van der Waals surface area contributed by atoms with E-state index >= 15 is 0 Å². The van der Waals surface area contributed by atoms with Crippen LogP contribution in [0, 0.1) is 0 Å². The van der Waals surface area contributed by atoms with E-state index < -0.39 is 0 Å². The molecule has 2 N–H and O–H groups in total. The Morgan fingerprint density at radius 3 is 3.04 bits per heavy atom. The van der Waals surface area contributed by atoms with Gasteiger partial charge in [-0.2, -0.15) is 0 Å². The van der Waals surface area contributed by atoms with Gasteiger partial charge in [0.25, 0.3) is 0 Å². The van der Waals surface area contributed by atoms with Gasteiger partial charge in [0, 0.05) is 30.2 Å². The highest BCUT2D eigenvalue weighted by molar-refractivity contribution is 5.83. The Morgan fingerprint density at radius 1 is 1.22 bits per heavy atom. The van der Waals surface area contributed by atoms with Crippen molar-refractivity contribution < 1.29 is 0 Å². The Morgan fingerprint density at radius 2 is 2.13 bits per heavy atom. The van der Waals surface area contributed by atoms with E-state index in [1.54, 1.807) is 11.0 Å². The van der Waals surface area contributed by atoms with Gasteiger partial charge in [0.2, 0.25) is 0 Å². The number of hydrogen-bond donors (Lipinski definition) is 2. The minimum Gasteiger partial charge on any atom is -0.368 e. The Kier molecular flexibility index (Phi) is 3.38. The van der Waals surface area contributed by atoms with Gasteiger partial charge in [-0.25, -0.2) is 14.6 Å². The molecule has 0 aliphatic heterocycles. The fourth-order valence-electron chi connectivity index (χ4n) is 2.79. The molecule has 4 aromatic rings. The fraction of sp³-hybridized carbons (Fsp3) is 0.250. The van der Waals surface area contributed by atoms with Crippen LogP contribution in [0.5, 0.6) is 0 Å². The summed E-state index contributed by atoms with van der Waals surface area (Å²) in [6.07, 6.45) is 4.51. The molecule has 0 unspecified atom stereocenters. The first-order valence-corrected chi connectivity index (χ1v) is 7.70. The van der Waals surface area contributed by atoms with Crippen molar-refractivity contribution in [2.75, 3.05) is 11.9 Å². The number of nitrogens with one attached hydrogen (secondary N) is 2. The van der Waals surface area contributed by atoms with E-state index in [0.29, 0.717) is 5.52 Å². The molecule has 4 rings (SSSR count). The summed E-state index contributed by atoms with van der Waals surface area (Å²) in [5, 5.41) is 12.9. The highest BCUT2D eigenvalue weighted by Crippen LogP contribution is 2.19.